The minimum Gasteiger partial charge on any atom is -0.497 e. The molecule has 3 N–H and O–H groups in total. The number of hydrogen-bond donors (Lipinski definition) is 2. The van der Waals surface area contributed by atoms with Crippen molar-refractivity contribution in [2.75, 3.05) is 25.3 Å². The molecule has 0 atom stereocenters. The van der Waals surface area contributed by atoms with Crippen LogP contribution in [0, 0.1) is 0 Å². The molecule has 0 aliphatic rings. The largest absolute Gasteiger partial charge is 0.497 e. The number of amides is 1. The highest BCUT2D eigenvalue weighted by molar-refractivity contribution is 6.08. The van der Waals surface area contributed by atoms with Crippen LogP contribution in [-0.2, 0) is 0 Å². The number of nitrogens with zero attached hydrogens (tertiary/aromatic N) is 1. The Bertz CT molecular complexity index is 629. The van der Waals surface area contributed by atoms with Crippen molar-refractivity contribution in [2.24, 2.45) is 0 Å². The van der Waals surface area contributed by atoms with Crippen LogP contribution in [0.4, 0.5) is 11.4 Å². The number of pyridine rings is 1. The van der Waals surface area contributed by atoms with Gasteiger partial charge in [0.15, 0.2) is 0 Å². The fourth-order valence-corrected chi connectivity index (χ4v) is 1.71. The van der Waals surface area contributed by atoms with Crippen LogP contribution >= 0.6 is 0 Å². The molecular formula is C14H15N3O3. The van der Waals surface area contributed by atoms with Crippen LogP contribution in [0.25, 0.3) is 0 Å². The van der Waals surface area contributed by atoms with E-state index in [1.165, 1.54) is 14.2 Å². The summed E-state index contributed by atoms with van der Waals surface area (Å²) in [6.07, 6.45) is 1.58. The number of benzene rings is 1. The van der Waals surface area contributed by atoms with Crippen LogP contribution in [0.3, 0.4) is 0 Å². The van der Waals surface area contributed by atoms with Crippen molar-refractivity contribution < 1.29 is 14.3 Å². The van der Waals surface area contributed by atoms with Gasteiger partial charge in [-0.1, -0.05) is 0 Å². The van der Waals surface area contributed by atoms with E-state index in [1.54, 1.807) is 36.5 Å². The Kier molecular flexibility index (Phi) is 4.05. The second-order valence-electron chi connectivity index (χ2n) is 3.97. The molecule has 6 heteroatoms. The van der Waals surface area contributed by atoms with E-state index in [2.05, 4.69) is 10.3 Å². The summed E-state index contributed by atoms with van der Waals surface area (Å²) in [7, 11) is 3.02. The molecule has 1 amide bonds. The van der Waals surface area contributed by atoms with Crippen molar-refractivity contribution in [3.05, 3.63) is 42.1 Å². The molecule has 1 aromatic heterocycles. The molecule has 0 fully saturated rings. The number of anilines is 2. The number of nitrogens with one attached hydrogen (secondary N) is 1. The summed E-state index contributed by atoms with van der Waals surface area (Å²) in [4.78, 5) is 16.2. The van der Waals surface area contributed by atoms with E-state index in [0.29, 0.717) is 28.6 Å². The zero-order chi connectivity index (χ0) is 14.5. The first-order chi connectivity index (χ1) is 9.65. The maximum absolute atomic E-state index is 12.2. The SMILES string of the molecule is COc1ccc(C(=O)Nc2cccnc2OC)c(N)c1. The molecule has 0 saturated heterocycles. The lowest BCUT2D eigenvalue weighted by atomic mass is 10.1. The monoisotopic (exact) mass is 273 g/mol. The van der Waals surface area contributed by atoms with Crippen molar-refractivity contribution in [1.82, 2.24) is 4.98 Å². The van der Waals surface area contributed by atoms with E-state index in [9.17, 15) is 4.79 Å². The molecule has 0 aliphatic heterocycles. The van der Waals surface area contributed by atoms with E-state index in [0.717, 1.165) is 0 Å². The quantitative estimate of drug-likeness (QED) is 0.831. The standard InChI is InChI=1S/C14H15N3O3/c1-19-9-5-6-10(11(15)8-9)13(18)17-12-4-3-7-16-14(12)20-2/h3-8H,15H2,1-2H3,(H,17,18). The van der Waals surface area contributed by atoms with Crippen molar-refractivity contribution in [2.45, 2.75) is 0 Å². The lowest BCUT2D eigenvalue weighted by Gasteiger charge is -2.10. The number of nitrogen functional groups attached to an aromatic ring is 1. The third-order valence-corrected chi connectivity index (χ3v) is 2.72. The minimum atomic E-state index is -0.337. The lowest BCUT2D eigenvalue weighted by Crippen LogP contribution is -2.15. The van der Waals surface area contributed by atoms with Crippen molar-refractivity contribution >= 4 is 17.3 Å². The molecule has 20 heavy (non-hydrogen) atoms. The maximum atomic E-state index is 12.2. The molecule has 0 unspecified atom stereocenters. The molecular weight excluding hydrogens is 258 g/mol. The van der Waals surface area contributed by atoms with Gasteiger partial charge in [0.1, 0.15) is 11.4 Å². The van der Waals surface area contributed by atoms with Gasteiger partial charge in [-0.25, -0.2) is 4.98 Å². The Labute approximate surface area is 116 Å². The van der Waals surface area contributed by atoms with Gasteiger partial charge in [0.05, 0.1) is 19.8 Å². The molecule has 0 bridgehead atoms. The average molecular weight is 273 g/mol. The van der Waals surface area contributed by atoms with Crippen LogP contribution in [0.2, 0.25) is 0 Å². The van der Waals surface area contributed by atoms with E-state index < -0.39 is 0 Å². The second kappa shape index (κ2) is 5.92. The lowest BCUT2D eigenvalue weighted by molar-refractivity contribution is 0.102. The number of hydrogen-bond acceptors (Lipinski definition) is 5. The molecule has 2 rings (SSSR count). The van der Waals surface area contributed by atoms with Gasteiger partial charge in [-0.2, -0.15) is 0 Å². The van der Waals surface area contributed by atoms with Gasteiger partial charge in [0.25, 0.3) is 5.91 Å². The fourth-order valence-electron chi connectivity index (χ4n) is 1.71. The number of aromatic nitrogens is 1. The third-order valence-electron chi connectivity index (χ3n) is 2.72. The number of ether oxygens (including phenoxy) is 2. The van der Waals surface area contributed by atoms with Crippen LogP contribution in [0.15, 0.2) is 36.5 Å². The molecule has 6 nitrogen and oxygen atoms in total. The van der Waals surface area contributed by atoms with E-state index in [-0.39, 0.29) is 5.91 Å². The summed E-state index contributed by atoms with van der Waals surface area (Å²) in [5, 5.41) is 2.71. The Morgan fingerprint density at radius 3 is 2.70 bits per heavy atom. The molecule has 1 aromatic carbocycles. The predicted octanol–water partition coefficient (Wildman–Crippen LogP) is 1.93. The summed E-state index contributed by atoms with van der Waals surface area (Å²) in [5.74, 6) is 0.599. The fraction of sp³-hybridized carbons (Fsp3) is 0.143. The predicted molar refractivity (Wildman–Crippen MR) is 76.1 cm³/mol. The maximum Gasteiger partial charge on any atom is 0.257 e. The van der Waals surface area contributed by atoms with Gasteiger partial charge in [0.2, 0.25) is 5.88 Å². The Hall–Kier alpha value is -2.76. The van der Waals surface area contributed by atoms with Crippen molar-refractivity contribution in [3.8, 4) is 11.6 Å². The van der Waals surface area contributed by atoms with E-state index >= 15 is 0 Å². The van der Waals surface area contributed by atoms with E-state index in [4.69, 9.17) is 15.2 Å². The van der Waals surface area contributed by atoms with Gasteiger partial charge in [-0.15, -0.1) is 0 Å². The summed E-state index contributed by atoms with van der Waals surface area (Å²) in [6.45, 7) is 0. The van der Waals surface area contributed by atoms with Crippen LogP contribution < -0.4 is 20.5 Å². The highest BCUT2D eigenvalue weighted by atomic mass is 16.5. The highest BCUT2D eigenvalue weighted by Gasteiger charge is 2.13. The van der Waals surface area contributed by atoms with Crippen LogP contribution in [0.1, 0.15) is 10.4 Å². The van der Waals surface area contributed by atoms with Crippen molar-refractivity contribution in [1.29, 1.82) is 0 Å². The minimum absolute atomic E-state index is 0.337. The first-order valence-electron chi connectivity index (χ1n) is 5.89. The molecule has 0 radical (unpaired) electrons. The number of carbonyl (C=O) groups excluding carboxylic acids is 1. The number of rotatable bonds is 4. The summed E-state index contributed by atoms with van der Waals surface area (Å²) in [5.41, 5.74) is 7.01. The summed E-state index contributed by atoms with van der Waals surface area (Å²) >= 11 is 0. The topological polar surface area (TPSA) is 86.5 Å². The zero-order valence-electron chi connectivity index (χ0n) is 11.2. The molecule has 104 valence electrons. The number of methoxy groups -OCH3 is 2. The number of nitrogens with two attached hydrogens (primary N) is 1. The van der Waals surface area contributed by atoms with Gasteiger partial charge in [-0.3, -0.25) is 4.79 Å². The zero-order valence-corrected chi connectivity index (χ0v) is 11.2. The molecule has 0 spiro atoms. The molecule has 2 aromatic rings. The van der Waals surface area contributed by atoms with Gasteiger partial charge >= 0.3 is 0 Å². The van der Waals surface area contributed by atoms with Gasteiger partial charge in [-0.05, 0) is 24.3 Å². The normalized spacial score (nSPS) is 9.90. The second-order valence-corrected chi connectivity index (χ2v) is 3.97. The smallest absolute Gasteiger partial charge is 0.257 e. The summed E-state index contributed by atoms with van der Waals surface area (Å²) in [6, 6.07) is 8.27. The van der Waals surface area contributed by atoms with Crippen LogP contribution in [0.5, 0.6) is 11.6 Å². The van der Waals surface area contributed by atoms with Crippen molar-refractivity contribution in [3.63, 3.8) is 0 Å². The number of carbonyl (C=O) groups is 1. The summed E-state index contributed by atoms with van der Waals surface area (Å²) < 4.78 is 10.1. The Morgan fingerprint density at radius 2 is 2.05 bits per heavy atom. The molecule has 1 heterocycles. The Morgan fingerprint density at radius 1 is 1.25 bits per heavy atom. The first-order valence-corrected chi connectivity index (χ1v) is 5.89. The van der Waals surface area contributed by atoms with Gasteiger partial charge < -0.3 is 20.5 Å². The third kappa shape index (κ3) is 2.80. The average Bonchev–Trinajstić information content (AvgIpc) is 2.47. The highest BCUT2D eigenvalue weighted by Crippen LogP contribution is 2.24. The molecule has 0 aliphatic carbocycles. The van der Waals surface area contributed by atoms with Crippen LogP contribution in [-0.4, -0.2) is 25.1 Å². The van der Waals surface area contributed by atoms with E-state index in [1.807, 2.05) is 0 Å². The Balaban J connectivity index is 2.24. The first kappa shape index (κ1) is 13.7. The van der Waals surface area contributed by atoms with Gasteiger partial charge in [0, 0.05) is 18.0 Å². The molecule has 0 saturated carbocycles.